The Morgan fingerprint density at radius 1 is 1.00 bits per heavy atom. The molecule has 0 N–H and O–H groups in total. The Morgan fingerprint density at radius 3 is 2.31 bits per heavy atom. The molecular formula is C13H27. The van der Waals surface area contributed by atoms with Crippen LogP contribution in [0.25, 0.3) is 0 Å². The topological polar surface area (TPSA) is 0 Å². The lowest BCUT2D eigenvalue weighted by Crippen LogP contribution is -1.94. The predicted octanol–water partition coefficient (Wildman–Crippen LogP) is 4.99. The maximum atomic E-state index is 2.40. The Labute approximate surface area is 85.1 Å². The fourth-order valence-electron chi connectivity index (χ4n) is 1.73. The van der Waals surface area contributed by atoms with Gasteiger partial charge in [0.25, 0.3) is 0 Å². The van der Waals surface area contributed by atoms with E-state index in [1.54, 1.807) is 0 Å². The van der Waals surface area contributed by atoms with Gasteiger partial charge in [0, 0.05) is 0 Å². The highest BCUT2D eigenvalue weighted by molar-refractivity contribution is 4.59. The smallest absolute Gasteiger partial charge is 0.0417 e. The van der Waals surface area contributed by atoms with Crippen molar-refractivity contribution >= 4 is 0 Å². The summed E-state index contributed by atoms with van der Waals surface area (Å²) in [7, 11) is 0. The first-order valence-corrected chi connectivity index (χ1v) is 6.09. The second-order valence-electron chi connectivity index (χ2n) is 4.29. The molecule has 0 saturated heterocycles. The molecule has 13 heavy (non-hydrogen) atoms. The van der Waals surface area contributed by atoms with Crippen molar-refractivity contribution < 1.29 is 0 Å². The monoisotopic (exact) mass is 183 g/mol. The normalized spacial score (nSPS) is 13.2. The molecule has 0 heterocycles. The lowest BCUT2D eigenvalue weighted by Gasteiger charge is -2.09. The van der Waals surface area contributed by atoms with Gasteiger partial charge in [-0.3, -0.25) is 0 Å². The summed E-state index contributed by atoms with van der Waals surface area (Å²) in [4.78, 5) is 0. The van der Waals surface area contributed by atoms with Gasteiger partial charge in [-0.05, 0) is 12.3 Å². The van der Waals surface area contributed by atoms with Gasteiger partial charge in [-0.15, -0.1) is 0 Å². The van der Waals surface area contributed by atoms with Crippen LogP contribution in [0.2, 0.25) is 0 Å². The van der Waals surface area contributed by atoms with Gasteiger partial charge >= 0.3 is 0 Å². The van der Waals surface area contributed by atoms with Crippen molar-refractivity contribution in [2.24, 2.45) is 5.92 Å². The van der Waals surface area contributed by atoms with E-state index in [4.69, 9.17) is 0 Å². The van der Waals surface area contributed by atoms with E-state index in [0.29, 0.717) is 0 Å². The fraction of sp³-hybridized carbons (Fsp3) is 0.923. The van der Waals surface area contributed by atoms with E-state index in [-0.39, 0.29) is 0 Å². The fourth-order valence-corrected chi connectivity index (χ4v) is 1.73. The van der Waals surface area contributed by atoms with E-state index >= 15 is 0 Å². The highest BCUT2D eigenvalue weighted by atomic mass is 14.1. The summed E-state index contributed by atoms with van der Waals surface area (Å²) in [6.45, 7) is 6.84. The molecule has 1 unspecified atom stereocenters. The summed E-state index contributed by atoms with van der Waals surface area (Å²) in [5.41, 5.74) is 0. The highest BCUT2D eigenvalue weighted by Crippen LogP contribution is 2.16. The summed E-state index contributed by atoms with van der Waals surface area (Å²) >= 11 is 0. The van der Waals surface area contributed by atoms with Gasteiger partial charge in [-0.25, -0.2) is 0 Å². The van der Waals surface area contributed by atoms with Gasteiger partial charge in [0.1, 0.15) is 0 Å². The van der Waals surface area contributed by atoms with Crippen LogP contribution in [0.3, 0.4) is 0 Å². The molecule has 0 heteroatoms. The number of unbranched alkanes of at least 4 members (excludes halogenated alkanes) is 5. The summed E-state index contributed by atoms with van der Waals surface area (Å²) in [6, 6.07) is 0. The minimum Gasteiger partial charge on any atom is -0.0654 e. The van der Waals surface area contributed by atoms with Crippen LogP contribution in [-0.2, 0) is 0 Å². The molecule has 0 nitrogen and oxygen atoms in total. The average Bonchev–Trinajstić information content (AvgIpc) is 2.13. The Balaban J connectivity index is 3.05. The third kappa shape index (κ3) is 9.92. The summed E-state index contributed by atoms with van der Waals surface area (Å²) < 4.78 is 0. The summed E-state index contributed by atoms with van der Waals surface area (Å²) in [6.07, 6.45) is 13.5. The van der Waals surface area contributed by atoms with Crippen LogP contribution in [0.15, 0.2) is 0 Å². The molecule has 0 aliphatic heterocycles. The summed E-state index contributed by atoms with van der Waals surface area (Å²) in [5.74, 6) is 0.955. The van der Waals surface area contributed by atoms with Gasteiger partial charge in [0.05, 0.1) is 0 Å². The quantitative estimate of drug-likeness (QED) is 0.442. The third-order valence-corrected chi connectivity index (χ3v) is 2.74. The van der Waals surface area contributed by atoms with Crippen molar-refractivity contribution in [2.75, 3.05) is 0 Å². The standard InChI is InChI=1S/C13H27/c1-4-6-8-10-12-13(3)11-9-7-5-2/h5,13H,4,6-12H2,1-3H3. The second kappa shape index (κ2) is 10.1. The molecule has 0 fully saturated rings. The number of hydrogen-bond donors (Lipinski definition) is 0. The molecule has 79 valence electrons. The molecule has 0 aliphatic rings. The third-order valence-electron chi connectivity index (χ3n) is 2.74. The number of hydrogen-bond acceptors (Lipinski definition) is 0. The van der Waals surface area contributed by atoms with E-state index in [1.165, 1.54) is 51.4 Å². The van der Waals surface area contributed by atoms with E-state index in [1.807, 2.05) is 0 Å². The molecule has 0 spiro atoms. The molecule has 0 bridgehead atoms. The zero-order chi connectivity index (χ0) is 9.94. The first-order valence-electron chi connectivity index (χ1n) is 6.09. The summed E-state index contributed by atoms with van der Waals surface area (Å²) in [5, 5.41) is 0. The first kappa shape index (κ1) is 13.0. The largest absolute Gasteiger partial charge is 0.0654 e. The lowest BCUT2D eigenvalue weighted by molar-refractivity contribution is 0.446. The van der Waals surface area contributed by atoms with Crippen LogP contribution >= 0.6 is 0 Å². The Hall–Kier alpha value is 0. The maximum Gasteiger partial charge on any atom is -0.0417 e. The van der Waals surface area contributed by atoms with Crippen molar-refractivity contribution in [3.05, 3.63) is 6.42 Å². The van der Waals surface area contributed by atoms with Gasteiger partial charge in [0.2, 0.25) is 0 Å². The second-order valence-corrected chi connectivity index (χ2v) is 4.29. The SMILES string of the molecule is C[CH]CCCC(C)CCCCCC. The molecular weight excluding hydrogens is 156 g/mol. The van der Waals surface area contributed by atoms with Crippen LogP contribution in [0.5, 0.6) is 0 Å². The van der Waals surface area contributed by atoms with Gasteiger partial charge in [-0.1, -0.05) is 72.1 Å². The minimum atomic E-state index is 0.955. The molecule has 1 atom stereocenters. The molecule has 0 aromatic rings. The van der Waals surface area contributed by atoms with Crippen LogP contribution in [-0.4, -0.2) is 0 Å². The van der Waals surface area contributed by atoms with E-state index in [0.717, 1.165) is 5.92 Å². The first-order chi connectivity index (χ1) is 6.31. The predicted molar refractivity (Wildman–Crippen MR) is 61.7 cm³/mol. The van der Waals surface area contributed by atoms with Crippen molar-refractivity contribution in [2.45, 2.75) is 72.1 Å². The molecule has 0 saturated carbocycles. The van der Waals surface area contributed by atoms with Crippen molar-refractivity contribution in [3.8, 4) is 0 Å². The lowest BCUT2D eigenvalue weighted by atomic mass is 9.97. The average molecular weight is 183 g/mol. The van der Waals surface area contributed by atoms with Crippen LogP contribution < -0.4 is 0 Å². The van der Waals surface area contributed by atoms with Gasteiger partial charge in [0.15, 0.2) is 0 Å². The molecule has 0 amide bonds. The van der Waals surface area contributed by atoms with Gasteiger partial charge in [-0.2, -0.15) is 0 Å². The van der Waals surface area contributed by atoms with E-state index in [9.17, 15) is 0 Å². The molecule has 0 rings (SSSR count). The molecule has 0 aliphatic carbocycles. The van der Waals surface area contributed by atoms with Crippen molar-refractivity contribution in [1.29, 1.82) is 0 Å². The Morgan fingerprint density at radius 2 is 1.69 bits per heavy atom. The number of rotatable bonds is 9. The highest BCUT2D eigenvalue weighted by Gasteiger charge is 2.00. The van der Waals surface area contributed by atoms with Crippen LogP contribution in [0.4, 0.5) is 0 Å². The van der Waals surface area contributed by atoms with Gasteiger partial charge < -0.3 is 0 Å². The van der Waals surface area contributed by atoms with Crippen molar-refractivity contribution in [1.82, 2.24) is 0 Å². The van der Waals surface area contributed by atoms with Crippen molar-refractivity contribution in [3.63, 3.8) is 0 Å². The zero-order valence-electron chi connectivity index (χ0n) is 9.81. The van der Waals surface area contributed by atoms with E-state index < -0.39 is 0 Å². The Kier molecular flexibility index (Phi) is 10.1. The van der Waals surface area contributed by atoms with Crippen LogP contribution in [0.1, 0.15) is 72.1 Å². The molecule has 0 aromatic carbocycles. The minimum absolute atomic E-state index is 0.955. The van der Waals surface area contributed by atoms with Crippen LogP contribution in [0, 0.1) is 12.3 Å². The Bertz CT molecular complexity index is 86.0. The zero-order valence-corrected chi connectivity index (χ0v) is 9.81. The van der Waals surface area contributed by atoms with E-state index in [2.05, 4.69) is 27.2 Å². The maximum absolute atomic E-state index is 2.40. The molecule has 1 radical (unpaired) electrons. The molecule has 0 aromatic heterocycles.